The Bertz CT molecular complexity index is 937. The van der Waals surface area contributed by atoms with Crippen molar-refractivity contribution in [3.05, 3.63) is 47.2 Å². The molecule has 0 saturated heterocycles. The van der Waals surface area contributed by atoms with E-state index in [0.717, 1.165) is 5.52 Å². The molecule has 2 aromatic heterocycles. The number of aliphatic imine (C=N–C) groups is 1. The standard InChI is InChI=1S/C17H18N6O/c1-21-16(19)15(17(20)24)13(18)7-5-11-4-6-12(10-2-3-10)14-8-22-9-23(11)14/h4,6,8-10H,2-3,18H2,1H3,(H2,19,21)(H2,20,24)/b15-13+. The van der Waals surface area contributed by atoms with E-state index >= 15 is 0 Å². The van der Waals surface area contributed by atoms with Crippen molar-refractivity contribution in [3.63, 3.8) is 0 Å². The van der Waals surface area contributed by atoms with Gasteiger partial charge in [-0.15, -0.1) is 0 Å². The Balaban J connectivity index is 2.05. The number of aromatic nitrogens is 2. The van der Waals surface area contributed by atoms with Crippen LogP contribution in [0.1, 0.15) is 30.0 Å². The summed E-state index contributed by atoms with van der Waals surface area (Å²) in [5.74, 6) is 5.50. The van der Waals surface area contributed by atoms with Crippen LogP contribution < -0.4 is 17.2 Å². The Kier molecular flexibility index (Phi) is 3.96. The van der Waals surface area contributed by atoms with Gasteiger partial charge >= 0.3 is 0 Å². The first-order valence-corrected chi connectivity index (χ1v) is 7.52. The lowest BCUT2D eigenvalue weighted by Crippen LogP contribution is -2.29. The molecule has 1 fully saturated rings. The van der Waals surface area contributed by atoms with Crippen LogP contribution in [0.2, 0.25) is 0 Å². The number of imidazole rings is 1. The quantitative estimate of drug-likeness (QED) is 0.324. The van der Waals surface area contributed by atoms with E-state index in [9.17, 15) is 4.79 Å². The molecule has 1 aliphatic rings. The molecular formula is C17H18N6O. The van der Waals surface area contributed by atoms with Gasteiger partial charge in [-0.2, -0.15) is 0 Å². The van der Waals surface area contributed by atoms with Crippen molar-refractivity contribution in [2.45, 2.75) is 18.8 Å². The number of hydrogen-bond acceptors (Lipinski definition) is 4. The maximum absolute atomic E-state index is 11.5. The molecule has 0 bridgehead atoms. The molecule has 0 radical (unpaired) electrons. The van der Waals surface area contributed by atoms with Gasteiger partial charge in [0.1, 0.15) is 17.7 Å². The van der Waals surface area contributed by atoms with Gasteiger partial charge in [-0.05, 0) is 42.2 Å². The largest absolute Gasteiger partial charge is 0.391 e. The van der Waals surface area contributed by atoms with Crippen molar-refractivity contribution >= 4 is 17.3 Å². The van der Waals surface area contributed by atoms with E-state index in [0.29, 0.717) is 11.6 Å². The first kappa shape index (κ1) is 15.6. The second kappa shape index (κ2) is 6.08. The average molecular weight is 322 g/mol. The molecule has 0 unspecified atom stereocenters. The fourth-order valence-corrected chi connectivity index (χ4v) is 2.58. The predicted molar refractivity (Wildman–Crippen MR) is 92.0 cm³/mol. The second-order valence-electron chi connectivity index (χ2n) is 5.61. The normalized spacial score (nSPS) is 15.6. The van der Waals surface area contributed by atoms with Gasteiger partial charge in [0.25, 0.3) is 5.91 Å². The van der Waals surface area contributed by atoms with Crippen molar-refractivity contribution in [1.82, 2.24) is 9.38 Å². The van der Waals surface area contributed by atoms with Crippen LogP contribution in [0.4, 0.5) is 0 Å². The lowest BCUT2D eigenvalue weighted by atomic mass is 10.1. The molecule has 0 aromatic carbocycles. The van der Waals surface area contributed by atoms with Gasteiger partial charge in [-0.3, -0.25) is 14.2 Å². The molecule has 0 aliphatic heterocycles. The molecule has 1 aliphatic carbocycles. The van der Waals surface area contributed by atoms with E-state index in [1.54, 1.807) is 6.33 Å². The van der Waals surface area contributed by atoms with Crippen molar-refractivity contribution < 1.29 is 4.79 Å². The first-order chi connectivity index (χ1) is 11.5. The summed E-state index contributed by atoms with van der Waals surface area (Å²) in [6.07, 6.45) is 5.95. The highest BCUT2D eigenvalue weighted by atomic mass is 16.1. The number of nitrogens with two attached hydrogens (primary N) is 3. The van der Waals surface area contributed by atoms with Gasteiger partial charge < -0.3 is 17.2 Å². The third-order valence-corrected chi connectivity index (χ3v) is 3.97. The molecule has 1 saturated carbocycles. The fourth-order valence-electron chi connectivity index (χ4n) is 2.58. The number of primary amides is 1. The van der Waals surface area contributed by atoms with Crippen LogP contribution in [0.5, 0.6) is 0 Å². The number of amidine groups is 1. The SMILES string of the molecule is CN=C(N)/C(C(N)=O)=C(\N)C#Cc1ccc(C2CC2)c2cncn12. The van der Waals surface area contributed by atoms with Gasteiger partial charge in [-0.25, -0.2) is 4.98 Å². The highest BCUT2D eigenvalue weighted by Gasteiger charge is 2.26. The van der Waals surface area contributed by atoms with E-state index in [-0.39, 0.29) is 17.1 Å². The number of hydrogen-bond donors (Lipinski definition) is 3. The van der Waals surface area contributed by atoms with Crippen LogP contribution in [-0.4, -0.2) is 28.2 Å². The summed E-state index contributed by atoms with van der Waals surface area (Å²) in [5, 5.41) is 0. The number of fused-ring (bicyclic) bond motifs is 1. The average Bonchev–Trinajstić information content (AvgIpc) is 3.27. The van der Waals surface area contributed by atoms with Gasteiger partial charge in [0.2, 0.25) is 0 Å². The topological polar surface area (TPSA) is 125 Å². The zero-order valence-corrected chi connectivity index (χ0v) is 13.3. The number of carbonyl (C=O) groups excluding carboxylic acids is 1. The number of allylic oxidation sites excluding steroid dienone is 1. The minimum Gasteiger partial charge on any atom is -0.391 e. The van der Waals surface area contributed by atoms with Crippen molar-refractivity contribution in [2.75, 3.05) is 7.05 Å². The highest BCUT2D eigenvalue weighted by Crippen LogP contribution is 2.41. The number of pyridine rings is 1. The maximum atomic E-state index is 11.5. The Morgan fingerprint density at radius 2 is 2.08 bits per heavy atom. The zero-order chi connectivity index (χ0) is 17.3. The van der Waals surface area contributed by atoms with E-state index < -0.39 is 5.91 Å². The van der Waals surface area contributed by atoms with Crippen LogP contribution in [0, 0.1) is 11.8 Å². The van der Waals surface area contributed by atoms with Gasteiger partial charge in [0.15, 0.2) is 0 Å². The smallest absolute Gasteiger partial charge is 0.255 e. The molecule has 24 heavy (non-hydrogen) atoms. The molecule has 122 valence electrons. The van der Waals surface area contributed by atoms with Crippen LogP contribution in [-0.2, 0) is 4.79 Å². The van der Waals surface area contributed by atoms with Crippen LogP contribution in [0.3, 0.4) is 0 Å². The summed E-state index contributed by atoms with van der Waals surface area (Å²) >= 11 is 0. The number of nitrogens with zero attached hydrogens (tertiary/aromatic N) is 3. The molecule has 7 heteroatoms. The minimum atomic E-state index is -0.762. The Morgan fingerprint density at radius 3 is 2.71 bits per heavy atom. The van der Waals surface area contributed by atoms with Crippen LogP contribution in [0.25, 0.3) is 5.52 Å². The Hall–Kier alpha value is -3.27. The summed E-state index contributed by atoms with van der Waals surface area (Å²) in [5.41, 5.74) is 19.8. The molecule has 1 amide bonds. The van der Waals surface area contributed by atoms with E-state index in [2.05, 4.69) is 27.9 Å². The molecule has 6 N–H and O–H groups in total. The van der Waals surface area contributed by atoms with Crippen LogP contribution >= 0.6 is 0 Å². The summed E-state index contributed by atoms with van der Waals surface area (Å²) in [6, 6.07) is 3.99. The van der Waals surface area contributed by atoms with Crippen molar-refractivity contribution in [1.29, 1.82) is 0 Å². The van der Waals surface area contributed by atoms with Gasteiger partial charge in [0, 0.05) is 7.05 Å². The van der Waals surface area contributed by atoms with E-state index in [1.165, 1.54) is 25.5 Å². The second-order valence-corrected chi connectivity index (χ2v) is 5.61. The molecule has 2 aromatic rings. The Morgan fingerprint density at radius 1 is 1.33 bits per heavy atom. The molecule has 0 spiro atoms. The fraction of sp³-hybridized carbons (Fsp3) is 0.235. The molecule has 7 nitrogen and oxygen atoms in total. The van der Waals surface area contributed by atoms with Gasteiger partial charge in [0.05, 0.1) is 23.1 Å². The maximum Gasteiger partial charge on any atom is 0.255 e. The predicted octanol–water partition coefficient (Wildman–Crippen LogP) is 0.248. The van der Waals surface area contributed by atoms with Crippen molar-refractivity contribution in [2.24, 2.45) is 22.2 Å². The van der Waals surface area contributed by atoms with E-state index in [4.69, 9.17) is 17.2 Å². The third-order valence-electron chi connectivity index (χ3n) is 3.97. The van der Waals surface area contributed by atoms with Crippen LogP contribution in [0.15, 0.2) is 40.9 Å². The highest BCUT2D eigenvalue weighted by molar-refractivity contribution is 6.20. The number of rotatable bonds is 3. The summed E-state index contributed by atoms with van der Waals surface area (Å²) < 4.78 is 1.91. The summed E-state index contributed by atoms with van der Waals surface area (Å²) in [4.78, 5) is 19.4. The molecule has 2 heterocycles. The molecular weight excluding hydrogens is 304 g/mol. The number of carbonyl (C=O) groups is 1. The lowest BCUT2D eigenvalue weighted by Gasteiger charge is -2.05. The monoisotopic (exact) mass is 322 g/mol. The minimum absolute atomic E-state index is 0.00913. The molecule has 0 atom stereocenters. The van der Waals surface area contributed by atoms with Crippen molar-refractivity contribution in [3.8, 4) is 11.8 Å². The lowest BCUT2D eigenvalue weighted by molar-refractivity contribution is -0.114. The summed E-state index contributed by atoms with van der Waals surface area (Å²) in [7, 11) is 1.45. The summed E-state index contributed by atoms with van der Waals surface area (Å²) in [6.45, 7) is 0. The number of amides is 1. The zero-order valence-electron chi connectivity index (χ0n) is 13.3. The van der Waals surface area contributed by atoms with E-state index in [1.807, 2.05) is 16.7 Å². The molecule has 3 rings (SSSR count). The third kappa shape index (κ3) is 2.82. The van der Waals surface area contributed by atoms with Gasteiger partial charge in [-0.1, -0.05) is 6.07 Å². The Labute approximate surface area is 139 Å². The first-order valence-electron chi connectivity index (χ1n) is 7.52.